The summed E-state index contributed by atoms with van der Waals surface area (Å²) in [4.78, 5) is 7.75. The van der Waals surface area contributed by atoms with E-state index < -0.39 is 6.85 Å². The number of fused-ring (bicyclic) bond motifs is 11. The van der Waals surface area contributed by atoms with E-state index in [9.17, 15) is 0 Å². The van der Waals surface area contributed by atoms with Gasteiger partial charge in [-0.05, 0) is 186 Å². The van der Waals surface area contributed by atoms with Gasteiger partial charge in [0.2, 0.25) is 0 Å². The highest BCUT2D eigenvalue weighted by molar-refractivity contribution is 6.93. The Labute approximate surface area is 510 Å². The Bertz CT molecular complexity index is 4440. The summed E-state index contributed by atoms with van der Waals surface area (Å²) in [5.41, 5.74) is 25.7. The van der Waals surface area contributed by atoms with Crippen LogP contribution in [0.25, 0.3) is 55.2 Å². The molecular weight excluding hydrogens is 1050 g/mol. The van der Waals surface area contributed by atoms with Gasteiger partial charge in [0.05, 0.1) is 16.8 Å². The predicted molar refractivity (Wildman–Crippen MR) is 367 cm³/mol. The molecule has 0 saturated heterocycles. The van der Waals surface area contributed by atoms with E-state index in [4.69, 9.17) is 8.83 Å². The fourth-order valence-corrected chi connectivity index (χ4v) is 14.3. The lowest BCUT2D eigenvalue weighted by Gasteiger charge is -2.45. The molecule has 14 rings (SSSR count). The zero-order valence-corrected chi connectivity index (χ0v) is 53.5. The minimum Gasteiger partial charge on any atom is -0.466 e. The molecule has 0 amide bonds. The second-order valence-corrected chi connectivity index (χ2v) is 30.5. The quantitative estimate of drug-likeness (QED) is 0.155. The van der Waals surface area contributed by atoms with Gasteiger partial charge in [-0.2, -0.15) is 0 Å². The lowest BCUT2D eigenvalue weighted by Crippen LogP contribution is -2.61. The average molecular weight is 1130 g/mol. The largest absolute Gasteiger partial charge is 0.466 e. The van der Waals surface area contributed by atoms with E-state index >= 15 is 0 Å². The van der Waals surface area contributed by atoms with Gasteiger partial charge in [0.25, 0.3) is 0 Å². The second kappa shape index (κ2) is 19.1. The number of nitrogens with zero attached hydrogens (tertiary/aromatic N) is 3. The van der Waals surface area contributed by atoms with Crippen molar-refractivity contribution in [3.8, 4) is 22.3 Å². The molecule has 2 aromatic heterocycles. The number of hydrogen-bond donors (Lipinski definition) is 0. The summed E-state index contributed by atoms with van der Waals surface area (Å²) in [6.45, 7) is 37.0. The van der Waals surface area contributed by atoms with Crippen LogP contribution < -0.4 is 25.7 Å². The molecule has 3 aliphatic rings. The van der Waals surface area contributed by atoms with Crippen molar-refractivity contribution >= 4 is 96.4 Å². The molecule has 4 heterocycles. The highest BCUT2D eigenvalue weighted by Gasteiger charge is 2.51. The van der Waals surface area contributed by atoms with E-state index in [1.54, 1.807) is 0 Å². The topological polar surface area (TPSA) is 36.0 Å². The Morgan fingerprint density at radius 2 is 0.965 bits per heavy atom. The Balaban J connectivity index is 1.18. The van der Waals surface area contributed by atoms with E-state index in [2.05, 4.69) is 307 Å². The van der Waals surface area contributed by atoms with E-state index in [1.807, 2.05) is 0 Å². The van der Waals surface area contributed by atoms with Gasteiger partial charge < -0.3 is 23.4 Å². The van der Waals surface area contributed by atoms with Crippen LogP contribution >= 0.6 is 0 Å². The summed E-state index contributed by atoms with van der Waals surface area (Å²) in [6.07, 6.45) is 2.20. The number of hydrogen-bond acceptors (Lipinski definition) is 5. The van der Waals surface area contributed by atoms with E-state index in [0.29, 0.717) is 0 Å². The fourth-order valence-electron chi connectivity index (χ4n) is 14.3. The Hall–Kier alpha value is -8.22. The smallest absolute Gasteiger partial charge is 0.375 e. The summed E-state index contributed by atoms with van der Waals surface area (Å²) in [5.74, 6) is 0. The molecule has 0 saturated carbocycles. The molecular formula is C80H82BN3O2. The zero-order chi connectivity index (χ0) is 60.4. The van der Waals surface area contributed by atoms with Crippen LogP contribution in [0.15, 0.2) is 191 Å². The van der Waals surface area contributed by atoms with Crippen LogP contribution in [0, 0.1) is 0 Å². The summed E-state index contributed by atoms with van der Waals surface area (Å²) in [7, 11) is 0. The van der Waals surface area contributed by atoms with Crippen molar-refractivity contribution in [1.82, 2.24) is 0 Å². The van der Waals surface area contributed by atoms with Crippen LogP contribution in [0.5, 0.6) is 0 Å². The predicted octanol–water partition coefficient (Wildman–Crippen LogP) is 21.7. The molecule has 0 atom stereocenters. The third kappa shape index (κ3) is 8.94. The standard InChI is InChI=1S/C80H82BN3O2/c1-75(2,3)50-26-33-54(34-27-50)82(55-35-28-51(29-36-55)76(4,5)6)57-45-61-58-39-41-68-70(59-24-20-21-25-67(59)85-68)72(58)84(56-37-30-52(31-38-56)77(7,8)9)81-71(61)66(46-57)83(65-40-32-53(78(10,11)12)44-60(65)49-22-18-17-19-23-49)73-62-47-63-64(48-69(62)86-74(73)81)80(15,16)43-42-79(63,13)14/h17-41,44-48H,42-43H2,1-16H3. The lowest BCUT2D eigenvalue weighted by atomic mass is 9.45. The average Bonchev–Trinajstić information content (AvgIpc) is 1.32. The molecule has 5 nitrogen and oxygen atoms in total. The fraction of sp³-hybridized carbons (Fsp3) is 0.300. The molecule has 9 aromatic carbocycles. The van der Waals surface area contributed by atoms with Gasteiger partial charge in [-0.3, -0.25) is 0 Å². The first-order valence-electron chi connectivity index (χ1n) is 31.3. The number of furan rings is 2. The normalized spacial score (nSPS) is 15.5. The zero-order valence-electron chi connectivity index (χ0n) is 53.5. The molecule has 1 aliphatic carbocycles. The van der Waals surface area contributed by atoms with Gasteiger partial charge in [-0.15, -0.1) is 0 Å². The third-order valence-electron chi connectivity index (χ3n) is 19.5. The van der Waals surface area contributed by atoms with E-state index in [0.717, 1.165) is 114 Å². The maximum Gasteiger partial charge on any atom is 0.375 e. The van der Waals surface area contributed by atoms with Crippen molar-refractivity contribution in [2.24, 2.45) is 0 Å². The molecule has 0 radical (unpaired) electrons. The van der Waals surface area contributed by atoms with Crippen LogP contribution in [0.2, 0.25) is 0 Å². The van der Waals surface area contributed by atoms with Crippen molar-refractivity contribution in [2.75, 3.05) is 14.6 Å². The molecule has 432 valence electrons. The van der Waals surface area contributed by atoms with Gasteiger partial charge in [0, 0.05) is 56.0 Å². The molecule has 0 unspecified atom stereocenters. The van der Waals surface area contributed by atoms with Gasteiger partial charge >= 0.3 is 6.85 Å². The van der Waals surface area contributed by atoms with Crippen LogP contribution in [0.1, 0.15) is 157 Å². The minimum atomic E-state index is -0.419. The van der Waals surface area contributed by atoms with Gasteiger partial charge in [-0.1, -0.05) is 202 Å². The molecule has 2 aliphatic heterocycles. The Morgan fingerprint density at radius 1 is 0.419 bits per heavy atom. The monoisotopic (exact) mass is 1130 g/mol. The summed E-state index contributed by atoms with van der Waals surface area (Å²) >= 11 is 0. The van der Waals surface area contributed by atoms with Gasteiger partial charge in [0.15, 0.2) is 0 Å². The molecule has 86 heavy (non-hydrogen) atoms. The molecule has 0 N–H and O–H groups in total. The Morgan fingerprint density at radius 3 is 1.56 bits per heavy atom. The number of para-hydroxylation sites is 1. The van der Waals surface area contributed by atoms with Gasteiger partial charge in [-0.25, -0.2) is 0 Å². The first kappa shape index (κ1) is 55.6. The molecule has 11 aromatic rings. The summed E-state index contributed by atoms with van der Waals surface area (Å²) in [5, 5.41) is 3.29. The molecule has 0 fully saturated rings. The van der Waals surface area contributed by atoms with Crippen molar-refractivity contribution in [1.29, 1.82) is 0 Å². The van der Waals surface area contributed by atoms with Crippen LogP contribution in [-0.4, -0.2) is 6.85 Å². The number of anilines is 8. The van der Waals surface area contributed by atoms with Crippen LogP contribution in [0.3, 0.4) is 0 Å². The summed E-state index contributed by atoms with van der Waals surface area (Å²) < 4.78 is 14.9. The van der Waals surface area contributed by atoms with Crippen molar-refractivity contribution in [3.63, 3.8) is 0 Å². The second-order valence-electron chi connectivity index (χ2n) is 30.5. The van der Waals surface area contributed by atoms with E-state index in [1.165, 1.54) is 44.4 Å². The highest BCUT2D eigenvalue weighted by Crippen LogP contribution is 2.57. The van der Waals surface area contributed by atoms with Crippen LogP contribution in [-0.2, 0) is 32.5 Å². The Kier molecular flexibility index (Phi) is 12.4. The first-order chi connectivity index (χ1) is 40.7. The van der Waals surface area contributed by atoms with Crippen molar-refractivity contribution < 1.29 is 8.83 Å². The lowest BCUT2D eigenvalue weighted by molar-refractivity contribution is 0.332. The first-order valence-corrected chi connectivity index (χ1v) is 31.3. The number of rotatable bonds is 6. The van der Waals surface area contributed by atoms with Crippen LogP contribution in [0.4, 0.5) is 45.5 Å². The highest BCUT2D eigenvalue weighted by atomic mass is 16.3. The minimum absolute atomic E-state index is 0.0250. The number of benzene rings is 9. The molecule has 6 heteroatoms. The SMILES string of the molecule is CC(C)(C)c1ccc(N2B3c4oc5cc6c(cc5c4N(c4ccc(C(C)(C)C)cc4-c4ccccc4)c4cc(N(c5ccc(C(C)(C)C)cc5)c5ccc(C(C)(C)C)cc5)cc(c43)-c3ccc4oc5ccccc5c4c32)C(C)(C)CCC6(C)C)cc1. The maximum absolute atomic E-state index is 7.94. The van der Waals surface area contributed by atoms with E-state index in [-0.39, 0.29) is 32.5 Å². The third-order valence-corrected chi connectivity index (χ3v) is 19.5. The summed E-state index contributed by atoms with van der Waals surface area (Å²) in [6, 6.07) is 69.4. The van der Waals surface area contributed by atoms with Gasteiger partial charge in [0.1, 0.15) is 22.4 Å². The molecule has 0 bridgehead atoms. The maximum atomic E-state index is 7.94. The van der Waals surface area contributed by atoms with Crippen molar-refractivity contribution in [3.05, 3.63) is 215 Å². The molecule has 0 spiro atoms. The van der Waals surface area contributed by atoms with Crippen molar-refractivity contribution in [2.45, 2.75) is 156 Å².